The average Bonchev–Trinajstić information content (AvgIpc) is 2.99. The van der Waals surface area contributed by atoms with E-state index in [0.29, 0.717) is 0 Å². The number of nitrogens with one attached hydrogen (secondary N) is 2. The van der Waals surface area contributed by atoms with Gasteiger partial charge in [-0.2, -0.15) is 0 Å². The number of carbonyl (C=O) groups is 2. The highest BCUT2D eigenvalue weighted by atomic mass is 32.1. The second kappa shape index (κ2) is 8.73. The number of ether oxygens (including phenoxy) is 1. The van der Waals surface area contributed by atoms with Gasteiger partial charge in [0.25, 0.3) is 0 Å². The number of rotatable bonds is 6. The Bertz CT molecular complexity index is 834. The zero-order chi connectivity index (χ0) is 20.9. The number of thiazole rings is 1. The van der Waals surface area contributed by atoms with Crippen LogP contribution in [-0.2, 0) is 9.53 Å². The number of amides is 2. The minimum atomic E-state index is -0.619. The first-order valence-electron chi connectivity index (χ1n) is 9.31. The van der Waals surface area contributed by atoms with E-state index >= 15 is 0 Å². The summed E-state index contributed by atoms with van der Waals surface area (Å²) in [7, 11) is 0. The molecule has 2 rings (SSSR count). The van der Waals surface area contributed by atoms with E-state index in [1.807, 2.05) is 65.8 Å². The van der Waals surface area contributed by atoms with Crippen LogP contribution in [-0.4, -0.2) is 34.7 Å². The van der Waals surface area contributed by atoms with Gasteiger partial charge in [0, 0.05) is 12.6 Å². The van der Waals surface area contributed by atoms with Crippen LogP contribution in [0.5, 0.6) is 0 Å². The van der Waals surface area contributed by atoms with Crippen molar-refractivity contribution in [2.75, 3.05) is 6.54 Å². The molecular formula is C21H29N3O3S. The molecule has 152 valence electrons. The van der Waals surface area contributed by atoms with Gasteiger partial charge in [-0.3, -0.25) is 4.79 Å². The van der Waals surface area contributed by atoms with Crippen molar-refractivity contribution in [3.05, 3.63) is 35.3 Å². The molecule has 0 fully saturated rings. The molecular weight excluding hydrogens is 374 g/mol. The smallest absolute Gasteiger partial charge is 0.407 e. The summed E-state index contributed by atoms with van der Waals surface area (Å²) < 4.78 is 6.35. The van der Waals surface area contributed by atoms with Crippen LogP contribution in [0.25, 0.3) is 16.3 Å². The van der Waals surface area contributed by atoms with E-state index in [4.69, 9.17) is 4.74 Å². The van der Waals surface area contributed by atoms with Crippen LogP contribution in [0, 0.1) is 5.92 Å². The molecule has 0 aliphatic rings. The first kappa shape index (κ1) is 21.9. The molecule has 0 spiro atoms. The molecule has 0 radical (unpaired) electrons. The van der Waals surface area contributed by atoms with Crippen molar-refractivity contribution in [1.82, 2.24) is 15.6 Å². The molecule has 0 aliphatic heterocycles. The zero-order valence-electron chi connectivity index (χ0n) is 17.3. The summed E-state index contributed by atoms with van der Waals surface area (Å²) in [5, 5.41) is 6.52. The highest BCUT2D eigenvalue weighted by Crippen LogP contribution is 2.22. The fourth-order valence-electron chi connectivity index (χ4n) is 2.39. The van der Waals surface area contributed by atoms with E-state index < -0.39 is 17.2 Å². The number of aromatic nitrogens is 1. The molecule has 1 unspecified atom stereocenters. The molecule has 6 nitrogen and oxygen atoms in total. The van der Waals surface area contributed by atoms with E-state index in [-0.39, 0.29) is 18.4 Å². The number of fused-ring (bicyclic) bond motifs is 1. The lowest BCUT2D eigenvalue weighted by Gasteiger charge is -2.35. The topological polar surface area (TPSA) is 80.3 Å². The maximum atomic E-state index is 12.5. The van der Waals surface area contributed by atoms with E-state index in [1.165, 1.54) is 17.4 Å². The van der Waals surface area contributed by atoms with Gasteiger partial charge in [0.1, 0.15) is 10.6 Å². The molecule has 28 heavy (non-hydrogen) atoms. The van der Waals surface area contributed by atoms with Gasteiger partial charge in [0.2, 0.25) is 5.91 Å². The Labute approximate surface area is 170 Å². The molecule has 1 atom stereocenters. The summed E-state index contributed by atoms with van der Waals surface area (Å²) in [5.74, 6) is -0.135. The van der Waals surface area contributed by atoms with Gasteiger partial charge < -0.3 is 15.4 Å². The van der Waals surface area contributed by atoms with Gasteiger partial charge in [0.15, 0.2) is 0 Å². The van der Waals surface area contributed by atoms with Crippen LogP contribution in [0.2, 0.25) is 0 Å². The Hall–Kier alpha value is -2.41. The van der Waals surface area contributed by atoms with E-state index in [2.05, 4.69) is 15.6 Å². The number of nitrogens with zero attached hydrogens (tertiary/aromatic N) is 1. The number of alkyl carbamates (subject to hydrolysis) is 1. The van der Waals surface area contributed by atoms with E-state index in [0.717, 1.165) is 15.2 Å². The molecule has 1 heterocycles. The van der Waals surface area contributed by atoms with Crippen molar-refractivity contribution in [3.63, 3.8) is 0 Å². The minimum absolute atomic E-state index is 0.0993. The second-order valence-corrected chi connectivity index (χ2v) is 9.33. The third kappa shape index (κ3) is 6.34. The standard InChI is InChI=1S/C21H29N3O3S/c1-14(2)21(6,13-22-19(26)27-20(3,4)5)24-17(25)11-12-18-23-15-9-7-8-10-16(15)28-18/h7-12,14H,13H2,1-6H3,(H,22,26)(H,24,25)/b12-11+. The molecule has 0 bridgehead atoms. The van der Waals surface area contributed by atoms with Crippen molar-refractivity contribution < 1.29 is 14.3 Å². The lowest BCUT2D eigenvalue weighted by molar-refractivity contribution is -0.118. The third-order valence-electron chi connectivity index (χ3n) is 4.37. The maximum absolute atomic E-state index is 12.5. The SMILES string of the molecule is CC(C)C(C)(CNC(=O)OC(C)(C)C)NC(=O)/C=C/c1nc2ccccc2s1. The molecule has 1 aromatic carbocycles. The normalized spacial score (nSPS) is 14.2. The lowest BCUT2D eigenvalue weighted by atomic mass is 9.88. The Morgan fingerprint density at radius 3 is 2.50 bits per heavy atom. The van der Waals surface area contributed by atoms with Gasteiger partial charge >= 0.3 is 6.09 Å². The van der Waals surface area contributed by atoms with Crippen molar-refractivity contribution in [3.8, 4) is 0 Å². The molecule has 2 aromatic rings. The van der Waals surface area contributed by atoms with Gasteiger partial charge in [-0.1, -0.05) is 26.0 Å². The number of carbonyl (C=O) groups excluding carboxylic acids is 2. The summed E-state index contributed by atoms with van der Waals surface area (Å²) >= 11 is 1.53. The lowest BCUT2D eigenvalue weighted by Crippen LogP contribution is -2.56. The van der Waals surface area contributed by atoms with Crippen molar-refractivity contribution in [2.45, 2.75) is 52.7 Å². The summed E-state index contributed by atoms with van der Waals surface area (Å²) in [6, 6.07) is 7.85. The summed E-state index contributed by atoms with van der Waals surface area (Å²) in [6.07, 6.45) is 2.69. The predicted octanol–water partition coefficient (Wildman–Crippen LogP) is 4.37. The quantitative estimate of drug-likeness (QED) is 0.702. The average molecular weight is 404 g/mol. The van der Waals surface area contributed by atoms with Crippen LogP contribution >= 0.6 is 11.3 Å². The van der Waals surface area contributed by atoms with Crippen LogP contribution in [0.3, 0.4) is 0 Å². The summed E-state index contributed by atoms with van der Waals surface area (Å²) in [6.45, 7) is 11.6. The van der Waals surface area contributed by atoms with Gasteiger partial charge in [-0.25, -0.2) is 9.78 Å². The van der Waals surface area contributed by atoms with Crippen LogP contribution in [0.15, 0.2) is 30.3 Å². The highest BCUT2D eigenvalue weighted by Gasteiger charge is 2.31. The van der Waals surface area contributed by atoms with Crippen LogP contribution < -0.4 is 10.6 Å². The van der Waals surface area contributed by atoms with Crippen molar-refractivity contribution in [2.24, 2.45) is 5.92 Å². The molecule has 0 saturated heterocycles. The number of para-hydroxylation sites is 1. The molecule has 1 aromatic heterocycles. The summed E-state index contributed by atoms with van der Waals surface area (Å²) in [4.78, 5) is 28.9. The van der Waals surface area contributed by atoms with Crippen LogP contribution in [0.1, 0.15) is 46.6 Å². The van der Waals surface area contributed by atoms with Gasteiger partial charge in [0.05, 0.1) is 15.8 Å². The maximum Gasteiger partial charge on any atom is 0.407 e. The monoisotopic (exact) mass is 403 g/mol. The van der Waals surface area contributed by atoms with Gasteiger partial charge in [-0.05, 0) is 51.8 Å². The third-order valence-corrected chi connectivity index (χ3v) is 5.37. The Morgan fingerprint density at radius 2 is 1.89 bits per heavy atom. The molecule has 2 N–H and O–H groups in total. The fraction of sp³-hybridized carbons (Fsp3) is 0.476. The predicted molar refractivity (Wildman–Crippen MR) is 114 cm³/mol. The van der Waals surface area contributed by atoms with Gasteiger partial charge in [-0.15, -0.1) is 11.3 Å². The fourth-order valence-corrected chi connectivity index (χ4v) is 3.26. The zero-order valence-corrected chi connectivity index (χ0v) is 18.1. The Morgan fingerprint density at radius 1 is 1.21 bits per heavy atom. The highest BCUT2D eigenvalue weighted by molar-refractivity contribution is 7.19. The van der Waals surface area contributed by atoms with Crippen LogP contribution in [0.4, 0.5) is 4.79 Å². The van der Waals surface area contributed by atoms with Crippen molar-refractivity contribution in [1.29, 1.82) is 0 Å². The minimum Gasteiger partial charge on any atom is -0.444 e. The number of hydrogen-bond donors (Lipinski definition) is 2. The molecule has 2 amide bonds. The largest absolute Gasteiger partial charge is 0.444 e. The molecule has 0 saturated carbocycles. The Balaban J connectivity index is 1.99. The number of hydrogen-bond acceptors (Lipinski definition) is 5. The summed E-state index contributed by atoms with van der Waals surface area (Å²) in [5.41, 5.74) is -0.269. The second-order valence-electron chi connectivity index (χ2n) is 8.27. The first-order chi connectivity index (χ1) is 13.0. The Kier molecular flexibility index (Phi) is 6.82. The molecule has 0 aliphatic carbocycles. The van der Waals surface area contributed by atoms with E-state index in [9.17, 15) is 9.59 Å². The van der Waals surface area contributed by atoms with E-state index in [1.54, 1.807) is 6.08 Å². The number of benzene rings is 1. The molecule has 7 heteroatoms. The first-order valence-corrected chi connectivity index (χ1v) is 10.1. The van der Waals surface area contributed by atoms with Crippen molar-refractivity contribution >= 4 is 39.6 Å².